The molecule has 2 aromatic rings. The van der Waals surface area contributed by atoms with E-state index in [9.17, 15) is 4.79 Å². The number of carbonyl (C=O) groups is 1. The van der Waals surface area contributed by atoms with E-state index in [1.807, 2.05) is 18.2 Å². The third kappa shape index (κ3) is 3.52. The van der Waals surface area contributed by atoms with E-state index in [1.165, 1.54) is 7.11 Å². The zero-order chi connectivity index (χ0) is 18.7. The molecule has 4 heterocycles. The molecule has 2 aliphatic heterocycles. The van der Waals surface area contributed by atoms with E-state index in [0.29, 0.717) is 44.4 Å². The minimum absolute atomic E-state index is 0.0748. The fraction of sp³-hybridized carbons (Fsp3) is 0.450. The lowest BCUT2D eigenvalue weighted by atomic mass is 9.81. The van der Waals surface area contributed by atoms with Gasteiger partial charge < -0.3 is 19.1 Å². The molecule has 1 unspecified atom stereocenters. The number of hydrogen-bond acceptors (Lipinski definition) is 6. The molecule has 0 saturated carbocycles. The Labute approximate surface area is 158 Å². The number of hydrogen-bond donors (Lipinski definition) is 0. The van der Waals surface area contributed by atoms with Crippen molar-refractivity contribution in [1.29, 1.82) is 0 Å². The number of pyridine rings is 2. The van der Waals surface area contributed by atoms with Crippen molar-refractivity contribution in [1.82, 2.24) is 14.9 Å². The maximum Gasteiger partial charge on any atom is 0.259 e. The summed E-state index contributed by atoms with van der Waals surface area (Å²) in [4.78, 5) is 22.9. The van der Waals surface area contributed by atoms with E-state index >= 15 is 0 Å². The van der Waals surface area contributed by atoms with Gasteiger partial charge in [-0.05, 0) is 30.7 Å². The first-order valence-corrected chi connectivity index (χ1v) is 9.12. The predicted molar refractivity (Wildman–Crippen MR) is 97.4 cm³/mol. The third-order valence-corrected chi connectivity index (χ3v) is 5.29. The molecular weight excluding hydrogens is 346 g/mol. The van der Waals surface area contributed by atoms with E-state index in [1.54, 1.807) is 29.4 Å². The van der Waals surface area contributed by atoms with Gasteiger partial charge in [-0.3, -0.25) is 9.78 Å². The topological polar surface area (TPSA) is 73.8 Å². The average Bonchev–Trinajstić information content (AvgIpc) is 3.11. The van der Waals surface area contributed by atoms with Crippen LogP contribution in [-0.4, -0.2) is 59.8 Å². The Kier molecular flexibility index (Phi) is 5.05. The molecule has 0 radical (unpaired) electrons. The highest BCUT2D eigenvalue weighted by atomic mass is 16.5. The highest BCUT2D eigenvalue weighted by Crippen LogP contribution is 2.41. The van der Waals surface area contributed by atoms with Crippen molar-refractivity contribution in [2.75, 3.05) is 33.4 Å². The molecule has 7 heteroatoms. The summed E-state index contributed by atoms with van der Waals surface area (Å²) in [6.45, 7) is 2.94. The number of ether oxygens (including phenoxy) is 3. The van der Waals surface area contributed by atoms with Crippen LogP contribution in [0.5, 0.6) is 5.88 Å². The second-order valence-electron chi connectivity index (χ2n) is 6.96. The number of rotatable bonds is 6. The zero-order valence-electron chi connectivity index (χ0n) is 15.3. The lowest BCUT2D eigenvalue weighted by Gasteiger charge is -2.50. The number of likely N-dealkylation sites (tertiary alicyclic amines) is 1. The first kappa shape index (κ1) is 17.9. The molecule has 0 bridgehead atoms. The molecule has 27 heavy (non-hydrogen) atoms. The number of methoxy groups -OCH3 is 1. The van der Waals surface area contributed by atoms with Crippen molar-refractivity contribution in [3.63, 3.8) is 0 Å². The van der Waals surface area contributed by atoms with Crippen LogP contribution >= 0.6 is 0 Å². The lowest BCUT2D eigenvalue weighted by Crippen LogP contribution is -2.66. The Bertz CT molecular complexity index is 793. The molecule has 0 aliphatic carbocycles. The second-order valence-corrected chi connectivity index (χ2v) is 6.96. The van der Waals surface area contributed by atoms with Crippen LogP contribution in [0.4, 0.5) is 0 Å². The van der Waals surface area contributed by atoms with Crippen molar-refractivity contribution in [2.24, 2.45) is 5.92 Å². The fourth-order valence-corrected chi connectivity index (χ4v) is 3.79. The highest BCUT2D eigenvalue weighted by Gasteiger charge is 2.54. The first-order chi connectivity index (χ1) is 13.2. The van der Waals surface area contributed by atoms with Crippen molar-refractivity contribution < 1.29 is 19.0 Å². The van der Waals surface area contributed by atoms with E-state index in [0.717, 1.165) is 12.1 Å². The molecule has 1 amide bonds. The minimum atomic E-state index is -0.296. The summed E-state index contributed by atoms with van der Waals surface area (Å²) in [7, 11) is 1.52. The van der Waals surface area contributed by atoms with E-state index in [2.05, 4.69) is 9.97 Å². The number of aromatic nitrogens is 2. The Morgan fingerprint density at radius 1 is 1.26 bits per heavy atom. The summed E-state index contributed by atoms with van der Waals surface area (Å²) in [5.74, 6) is 0.557. The maximum atomic E-state index is 12.8. The number of carbonyl (C=O) groups excluding carboxylic acids is 1. The van der Waals surface area contributed by atoms with Crippen molar-refractivity contribution >= 4 is 5.91 Å². The molecule has 2 saturated heterocycles. The largest absolute Gasteiger partial charge is 0.480 e. The second kappa shape index (κ2) is 7.62. The van der Waals surface area contributed by atoms with Gasteiger partial charge in [0.25, 0.3) is 5.91 Å². The van der Waals surface area contributed by atoms with Gasteiger partial charge in [0.05, 0.1) is 39.1 Å². The van der Waals surface area contributed by atoms with Crippen LogP contribution in [0.2, 0.25) is 0 Å². The molecule has 1 atom stereocenters. The molecule has 4 rings (SSSR count). The Morgan fingerprint density at radius 3 is 2.89 bits per heavy atom. The Balaban J connectivity index is 1.34. The van der Waals surface area contributed by atoms with Gasteiger partial charge in [-0.25, -0.2) is 4.98 Å². The predicted octanol–water partition coefficient (Wildman–Crippen LogP) is 1.93. The summed E-state index contributed by atoms with van der Waals surface area (Å²) in [6.07, 6.45) is 4.32. The van der Waals surface area contributed by atoms with Crippen LogP contribution in [0.25, 0.3) is 0 Å². The van der Waals surface area contributed by atoms with Crippen molar-refractivity contribution in [3.8, 4) is 5.88 Å². The smallest absolute Gasteiger partial charge is 0.259 e. The van der Waals surface area contributed by atoms with Gasteiger partial charge in [0.1, 0.15) is 11.2 Å². The molecule has 0 N–H and O–H groups in total. The van der Waals surface area contributed by atoms with Crippen LogP contribution in [-0.2, 0) is 16.1 Å². The van der Waals surface area contributed by atoms with Gasteiger partial charge in [0, 0.05) is 24.9 Å². The van der Waals surface area contributed by atoms with Crippen LogP contribution in [0.1, 0.15) is 22.5 Å². The quantitative estimate of drug-likeness (QED) is 0.775. The first-order valence-electron chi connectivity index (χ1n) is 9.12. The van der Waals surface area contributed by atoms with Crippen LogP contribution in [0, 0.1) is 5.92 Å². The fourth-order valence-electron chi connectivity index (χ4n) is 3.79. The maximum absolute atomic E-state index is 12.8. The minimum Gasteiger partial charge on any atom is -0.480 e. The van der Waals surface area contributed by atoms with E-state index < -0.39 is 0 Å². The standard InChI is InChI=1S/C20H23N3O4/c1-25-18-17(6-4-9-22-18)19(24)23-13-20(14-23)15(7-10-27-20)11-26-12-16-5-2-3-8-21-16/h2-6,8-9,15H,7,10-14H2,1H3. The van der Waals surface area contributed by atoms with E-state index in [4.69, 9.17) is 14.2 Å². The monoisotopic (exact) mass is 369 g/mol. The molecule has 2 aromatic heterocycles. The zero-order valence-corrected chi connectivity index (χ0v) is 15.3. The molecule has 2 fully saturated rings. The summed E-state index contributed by atoms with van der Waals surface area (Å²) in [5.41, 5.74) is 1.10. The van der Waals surface area contributed by atoms with Gasteiger partial charge in [0.2, 0.25) is 5.88 Å². The van der Waals surface area contributed by atoms with Crippen molar-refractivity contribution in [2.45, 2.75) is 18.6 Å². The number of nitrogens with zero attached hydrogens (tertiary/aromatic N) is 3. The molecule has 7 nitrogen and oxygen atoms in total. The Morgan fingerprint density at radius 2 is 2.11 bits per heavy atom. The molecule has 0 aromatic carbocycles. The van der Waals surface area contributed by atoms with Gasteiger partial charge in [-0.1, -0.05) is 6.07 Å². The van der Waals surface area contributed by atoms with Gasteiger partial charge >= 0.3 is 0 Å². The highest BCUT2D eigenvalue weighted by molar-refractivity contribution is 5.97. The summed E-state index contributed by atoms with van der Waals surface area (Å²) < 4.78 is 17.1. The van der Waals surface area contributed by atoms with Crippen molar-refractivity contribution in [3.05, 3.63) is 54.0 Å². The number of amides is 1. The van der Waals surface area contributed by atoms with Gasteiger partial charge in [-0.2, -0.15) is 0 Å². The summed E-state index contributed by atoms with van der Waals surface area (Å²) in [6, 6.07) is 9.27. The van der Waals surface area contributed by atoms with Crippen LogP contribution < -0.4 is 4.74 Å². The van der Waals surface area contributed by atoms with E-state index in [-0.39, 0.29) is 17.4 Å². The normalized spacial score (nSPS) is 20.5. The van der Waals surface area contributed by atoms with Crippen LogP contribution in [0.15, 0.2) is 42.7 Å². The third-order valence-electron chi connectivity index (χ3n) is 5.29. The van der Waals surface area contributed by atoms with Gasteiger partial charge in [0.15, 0.2) is 0 Å². The molecule has 2 aliphatic rings. The summed E-state index contributed by atoms with van der Waals surface area (Å²) >= 11 is 0. The summed E-state index contributed by atoms with van der Waals surface area (Å²) in [5, 5.41) is 0. The molecule has 142 valence electrons. The van der Waals surface area contributed by atoms with Crippen LogP contribution in [0.3, 0.4) is 0 Å². The lowest BCUT2D eigenvalue weighted by molar-refractivity contribution is -0.129. The van der Waals surface area contributed by atoms with Gasteiger partial charge in [-0.15, -0.1) is 0 Å². The average molecular weight is 369 g/mol. The SMILES string of the molecule is COc1ncccc1C(=O)N1CC2(C1)OCCC2COCc1ccccn1. The molecular formula is C20H23N3O4. The Hall–Kier alpha value is -2.51. The molecule has 1 spiro atoms.